The molecule has 0 bridgehead atoms. The fourth-order valence-electron chi connectivity index (χ4n) is 2.15. The molecule has 3 heteroatoms. The second-order valence-electron chi connectivity index (χ2n) is 4.74. The van der Waals surface area contributed by atoms with E-state index >= 15 is 0 Å². The minimum absolute atomic E-state index is 0.268. The monoisotopic (exact) mass is 243 g/mol. The Labute approximate surface area is 105 Å². The van der Waals surface area contributed by atoms with E-state index in [9.17, 15) is 9.50 Å². The maximum absolute atomic E-state index is 13.5. The van der Waals surface area contributed by atoms with Gasteiger partial charge in [0.15, 0.2) is 0 Å². The first-order chi connectivity index (χ1) is 8.75. The van der Waals surface area contributed by atoms with Gasteiger partial charge in [-0.3, -0.25) is 4.98 Å². The van der Waals surface area contributed by atoms with Crippen molar-refractivity contribution < 1.29 is 9.50 Å². The third-order valence-corrected chi connectivity index (χ3v) is 3.40. The van der Waals surface area contributed by atoms with Gasteiger partial charge in [-0.15, -0.1) is 0 Å². The summed E-state index contributed by atoms with van der Waals surface area (Å²) in [5.41, 5.74) is 2.29. The van der Waals surface area contributed by atoms with Crippen LogP contribution in [-0.2, 0) is 0 Å². The van der Waals surface area contributed by atoms with Crippen LogP contribution in [0.5, 0.6) is 0 Å². The van der Waals surface area contributed by atoms with Crippen LogP contribution in [0.15, 0.2) is 42.7 Å². The highest BCUT2D eigenvalue weighted by molar-refractivity contribution is 5.33. The number of hydrogen-bond acceptors (Lipinski definition) is 2. The van der Waals surface area contributed by atoms with Gasteiger partial charge < -0.3 is 5.11 Å². The molecule has 1 atom stereocenters. The van der Waals surface area contributed by atoms with Crippen LogP contribution in [0.4, 0.5) is 4.39 Å². The zero-order valence-electron chi connectivity index (χ0n) is 9.88. The average Bonchev–Trinajstić information content (AvgIpc) is 3.23. The van der Waals surface area contributed by atoms with Crippen LogP contribution in [0, 0.1) is 5.82 Å². The molecular formula is C15H14FNO. The zero-order valence-corrected chi connectivity index (χ0v) is 9.88. The Kier molecular flexibility index (Phi) is 2.84. The molecule has 1 heterocycles. The number of nitrogens with zero attached hydrogens (tertiary/aromatic N) is 1. The third-order valence-electron chi connectivity index (χ3n) is 3.40. The molecule has 1 unspecified atom stereocenters. The number of aliphatic hydroxyl groups is 1. The molecule has 1 aromatic carbocycles. The summed E-state index contributed by atoms with van der Waals surface area (Å²) in [7, 11) is 0. The summed E-state index contributed by atoms with van der Waals surface area (Å²) in [6.45, 7) is 0. The highest BCUT2D eigenvalue weighted by Crippen LogP contribution is 2.40. The maximum atomic E-state index is 13.5. The summed E-state index contributed by atoms with van der Waals surface area (Å²) in [4.78, 5) is 3.68. The first-order valence-electron chi connectivity index (χ1n) is 6.13. The summed E-state index contributed by atoms with van der Waals surface area (Å²) in [6.07, 6.45) is 4.18. The van der Waals surface area contributed by atoms with Crippen LogP contribution in [-0.4, -0.2) is 10.1 Å². The molecule has 1 fully saturated rings. The molecule has 1 aliphatic rings. The molecule has 0 amide bonds. The van der Waals surface area contributed by atoms with Crippen molar-refractivity contribution in [2.75, 3.05) is 0 Å². The number of rotatable bonds is 3. The molecule has 0 aliphatic heterocycles. The number of benzene rings is 1. The van der Waals surface area contributed by atoms with Crippen LogP contribution >= 0.6 is 0 Å². The first kappa shape index (κ1) is 11.4. The Morgan fingerprint density at radius 3 is 2.50 bits per heavy atom. The molecule has 18 heavy (non-hydrogen) atoms. The molecule has 1 N–H and O–H groups in total. The molecule has 1 saturated carbocycles. The molecule has 2 nitrogen and oxygen atoms in total. The fourth-order valence-corrected chi connectivity index (χ4v) is 2.15. The van der Waals surface area contributed by atoms with Gasteiger partial charge in [0.05, 0.1) is 6.20 Å². The van der Waals surface area contributed by atoms with Crippen molar-refractivity contribution in [1.82, 2.24) is 4.98 Å². The second-order valence-corrected chi connectivity index (χ2v) is 4.74. The Hall–Kier alpha value is -1.74. The van der Waals surface area contributed by atoms with E-state index in [1.807, 2.05) is 24.3 Å². The van der Waals surface area contributed by atoms with Crippen molar-refractivity contribution in [2.45, 2.75) is 24.9 Å². The lowest BCUT2D eigenvalue weighted by atomic mass is 10.00. The summed E-state index contributed by atoms with van der Waals surface area (Å²) in [6, 6.07) is 9.30. The molecule has 0 spiro atoms. The number of hydrogen-bond donors (Lipinski definition) is 1. The summed E-state index contributed by atoms with van der Waals surface area (Å²) >= 11 is 0. The van der Waals surface area contributed by atoms with E-state index in [1.165, 1.54) is 30.7 Å². The van der Waals surface area contributed by atoms with Crippen molar-refractivity contribution in [3.8, 4) is 0 Å². The van der Waals surface area contributed by atoms with Crippen molar-refractivity contribution in [3.05, 3.63) is 65.2 Å². The topological polar surface area (TPSA) is 33.1 Å². The van der Waals surface area contributed by atoms with Crippen molar-refractivity contribution in [1.29, 1.82) is 0 Å². The van der Waals surface area contributed by atoms with Gasteiger partial charge in [0.25, 0.3) is 0 Å². The maximum Gasteiger partial charge on any atom is 0.147 e. The summed E-state index contributed by atoms with van der Waals surface area (Å²) in [5.74, 6) is 0.213. The standard InChI is InChI=1S/C15H14FNO/c16-14-9-17-8-7-13(14)15(18)12-5-3-11(4-6-12)10-1-2-10/h3-10,15,18H,1-2H2. The molecule has 0 saturated heterocycles. The second kappa shape index (κ2) is 4.50. The van der Waals surface area contributed by atoms with Crippen LogP contribution in [0.3, 0.4) is 0 Å². The fraction of sp³-hybridized carbons (Fsp3) is 0.267. The third kappa shape index (κ3) is 2.14. The van der Waals surface area contributed by atoms with Crippen molar-refractivity contribution in [3.63, 3.8) is 0 Å². The number of pyridine rings is 1. The van der Waals surface area contributed by atoms with Crippen LogP contribution < -0.4 is 0 Å². The number of aromatic nitrogens is 1. The molecule has 92 valence electrons. The van der Waals surface area contributed by atoms with Crippen molar-refractivity contribution >= 4 is 0 Å². The molecule has 0 radical (unpaired) electrons. The number of halogens is 1. The van der Waals surface area contributed by atoms with E-state index in [-0.39, 0.29) is 5.56 Å². The summed E-state index contributed by atoms with van der Waals surface area (Å²) < 4.78 is 13.5. The summed E-state index contributed by atoms with van der Waals surface area (Å²) in [5, 5.41) is 10.2. The van der Waals surface area contributed by atoms with Gasteiger partial charge in [-0.2, -0.15) is 0 Å². The van der Waals surface area contributed by atoms with Gasteiger partial charge in [-0.1, -0.05) is 24.3 Å². The molecular weight excluding hydrogens is 229 g/mol. The smallest absolute Gasteiger partial charge is 0.147 e. The largest absolute Gasteiger partial charge is 0.384 e. The number of aliphatic hydroxyl groups excluding tert-OH is 1. The highest BCUT2D eigenvalue weighted by atomic mass is 19.1. The van der Waals surface area contributed by atoms with E-state index in [1.54, 1.807) is 0 Å². The van der Waals surface area contributed by atoms with E-state index in [4.69, 9.17) is 0 Å². The predicted octanol–water partition coefficient (Wildman–Crippen LogP) is 3.18. The lowest BCUT2D eigenvalue weighted by Gasteiger charge is -2.12. The SMILES string of the molecule is OC(c1ccc(C2CC2)cc1)c1ccncc1F. The lowest BCUT2D eigenvalue weighted by molar-refractivity contribution is 0.214. The van der Waals surface area contributed by atoms with Gasteiger partial charge in [0, 0.05) is 11.8 Å². The van der Waals surface area contributed by atoms with Gasteiger partial charge in [-0.05, 0) is 36.0 Å². The van der Waals surface area contributed by atoms with Crippen molar-refractivity contribution in [2.24, 2.45) is 0 Å². The van der Waals surface area contributed by atoms with Crippen LogP contribution in [0.25, 0.3) is 0 Å². The minimum Gasteiger partial charge on any atom is -0.384 e. The Morgan fingerprint density at radius 2 is 1.89 bits per heavy atom. The van der Waals surface area contributed by atoms with Gasteiger partial charge in [-0.25, -0.2) is 4.39 Å². The highest BCUT2D eigenvalue weighted by Gasteiger charge is 2.23. The minimum atomic E-state index is -0.929. The van der Waals surface area contributed by atoms with Gasteiger partial charge in [0.2, 0.25) is 0 Å². The van der Waals surface area contributed by atoms with E-state index in [0.717, 1.165) is 6.20 Å². The Bertz CT molecular complexity index is 549. The Balaban J connectivity index is 1.87. The van der Waals surface area contributed by atoms with E-state index in [0.29, 0.717) is 11.5 Å². The lowest BCUT2D eigenvalue weighted by Crippen LogP contribution is -2.03. The predicted molar refractivity (Wildman–Crippen MR) is 66.7 cm³/mol. The van der Waals surface area contributed by atoms with Gasteiger partial charge >= 0.3 is 0 Å². The average molecular weight is 243 g/mol. The quantitative estimate of drug-likeness (QED) is 0.898. The molecule has 2 aromatic rings. The van der Waals surface area contributed by atoms with Crippen LogP contribution in [0.2, 0.25) is 0 Å². The Morgan fingerprint density at radius 1 is 1.17 bits per heavy atom. The molecule has 1 aromatic heterocycles. The van der Waals surface area contributed by atoms with Crippen LogP contribution in [0.1, 0.15) is 41.6 Å². The normalized spacial score (nSPS) is 16.6. The zero-order chi connectivity index (χ0) is 12.5. The van der Waals surface area contributed by atoms with E-state index < -0.39 is 11.9 Å². The van der Waals surface area contributed by atoms with Gasteiger partial charge in [0.1, 0.15) is 11.9 Å². The van der Waals surface area contributed by atoms with E-state index in [2.05, 4.69) is 4.98 Å². The molecule has 3 rings (SSSR count). The molecule has 1 aliphatic carbocycles. The first-order valence-corrected chi connectivity index (χ1v) is 6.13.